The van der Waals surface area contributed by atoms with E-state index in [0.717, 1.165) is 19.1 Å². The van der Waals surface area contributed by atoms with Gasteiger partial charge in [-0.25, -0.2) is 4.79 Å². The summed E-state index contributed by atoms with van der Waals surface area (Å²) in [6.07, 6.45) is 1.62. The lowest BCUT2D eigenvalue weighted by Crippen LogP contribution is -2.37. The summed E-state index contributed by atoms with van der Waals surface area (Å²) >= 11 is 0. The van der Waals surface area contributed by atoms with Gasteiger partial charge in [-0.3, -0.25) is 0 Å². The van der Waals surface area contributed by atoms with Crippen LogP contribution >= 0.6 is 0 Å². The lowest BCUT2D eigenvalue weighted by molar-refractivity contribution is -0.126. The van der Waals surface area contributed by atoms with Gasteiger partial charge in [-0.2, -0.15) is 0 Å². The van der Waals surface area contributed by atoms with Gasteiger partial charge < -0.3 is 15.4 Å². The summed E-state index contributed by atoms with van der Waals surface area (Å²) in [7, 11) is 0. The van der Waals surface area contributed by atoms with Gasteiger partial charge in [0.1, 0.15) is 6.29 Å². The highest BCUT2D eigenvalue weighted by molar-refractivity contribution is 5.64. The Morgan fingerprint density at radius 2 is 2.08 bits per heavy atom. The number of hydroxylamine groups is 2. The monoisotopic (exact) mass is 172 g/mol. The zero-order valence-electron chi connectivity index (χ0n) is 6.73. The van der Waals surface area contributed by atoms with Crippen molar-refractivity contribution >= 4 is 12.4 Å². The number of carbonyl (C=O) groups excluding carboxylic acids is 2. The fourth-order valence-corrected chi connectivity index (χ4v) is 1.23. The predicted octanol–water partition coefficient (Wildman–Crippen LogP) is -0.0924. The summed E-state index contributed by atoms with van der Waals surface area (Å²) < 4.78 is 0. The molecule has 1 aliphatic rings. The molecule has 2 N–H and O–H groups in total. The SMILES string of the molecule is NC(=O)ON1CCC(C=O)CC1. The molecule has 0 bridgehead atoms. The van der Waals surface area contributed by atoms with E-state index in [1.54, 1.807) is 0 Å². The molecule has 1 saturated heterocycles. The van der Waals surface area contributed by atoms with E-state index in [2.05, 4.69) is 4.84 Å². The van der Waals surface area contributed by atoms with Crippen molar-refractivity contribution in [2.75, 3.05) is 13.1 Å². The first kappa shape index (κ1) is 8.99. The number of nitrogens with zero attached hydrogens (tertiary/aromatic N) is 1. The first-order valence-corrected chi connectivity index (χ1v) is 3.90. The number of amides is 1. The molecule has 0 atom stereocenters. The molecule has 5 heteroatoms. The molecule has 0 aromatic carbocycles. The number of rotatable bonds is 2. The smallest absolute Gasteiger partial charge is 0.351 e. The van der Waals surface area contributed by atoms with Crippen LogP contribution in [0.1, 0.15) is 12.8 Å². The van der Waals surface area contributed by atoms with E-state index < -0.39 is 6.09 Å². The van der Waals surface area contributed by atoms with Crippen LogP contribution < -0.4 is 5.73 Å². The topological polar surface area (TPSA) is 72.6 Å². The van der Waals surface area contributed by atoms with Crippen LogP contribution in [0.3, 0.4) is 0 Å². The average molecular weight is 172 g/mol. The molecule has 1 aliphatic heterocycles. The average Bonchev–Trinajstić information content (AvgIpc) is 2.05. The minimum atomic E-state index is -0.792. The molecule has 12 heavy (non-hydrogen) atoms. The number of nitrogens with two attached hydrogens (primary N) is 1. The molecular weight excluding hydrogens is 160 g/mol. The third-order valence-electron chi connectivity index (χ3n) is 1.91. The third-order valence-corrected chi connectivity index (χ3v) is 1.91. The molecule has 68 valence electrons. The van der Waals surface area contributed by atoms with Gasteiger partial charge in [0.05, 0.1) is 0 Å². The van der Waals surface area contributed by atoms with Gasteiger partial charge in [0, 0.05) is 19.0 Å². The zero-order valence-corrected chi connectivity index (χ0v) is 6.73. The molecule has 1 amide bonds. The lowest BCUT2D eigenvalue weighted by atomic mass is 10.0. The Kier molecular flexibility index (Phi) is 3.04. The lowest BCUT2D eigenvalue weighted by Gasteiger charge is -2.26. The Balaban J connectivity index is 2.26. The van der Waals surface area contributed by atoms with Crippen LogP contribution in [-0.2, 0) is 9.63 Å². The highest BCUT2D eigenvalue weighted by atomic mass is 16.7. The Labute approximate surface area is 70.4 Å². The second kappa shape index (κ2) is 4.06. The van der Waals surface area contributed by atoms with E-state index >= 15 is 0 Å². The molecule has 0 unspecified atom stereocenters. The van der Waals surface area contributed by atoms with Crippen LogP contribution in [0.5, 0.6) is 0 Å². The molecule has 0 aliphatic carbocycles. The molecule has 0 radical (unpaired) electrons. The Morgan fingerprint density at radius 3 is 2.50 bits per heavy atom. The highest BCUT2D eigenvalue weighted by Gasteiger charge is 2.20. The highest BCUT2D eigenvalue weighted by Crippen LogP contribution is 2.14. The van der Waals surface area contributed by atoms with Crippen LogP contribution in [0.4, 0.5) is 4.79 Å². The number of carbonyl (C=O) groups is 2. The Morgan fingerprint density at radius 1 is 1.50 bits per heavy atom. The quantitative estimate of drug-likeness (QED) is 0.591. The van der Waals surface area contributed by atoms with Gasteiger partial charge in [-0.05, 0) is 12.8 Å². The molecule has 0 aromatic rings. The van der Waals surface area contributed by atoms with Crippen molar-refractivity contribution in [3.63, 3.8) is 0 Å². The Hall–Kier alpha value is -1.10. The van der Waals surface area contributed by atoms with Gasteiger partial charge >= 0.3 is 6.09 Å². The van der Waals surface area contributed by atoms with Crippen LogP contribution in [0.2, 0.25) is 0 Å². The van der Waals surface area contributed by atoms with Gasteiger partial charge in [-0.1, -0.05) is 0 Å². The van der Waals surface area contributed by atoms with Crippen molar-refractivity contribution < 1.29 is 14.4 Å². The Bertz CT molecular complexity index is 175. The maximum Gasteiger partial charge on any atom is 0.423 e. The van der Waals surface area contributed by atoms with Crippen LogP contribution in [0.25, 0.3) is 0 Å². The van der Waals surface area contributed by atoms with Gasteiger partial charge in [-0.15, -0.1) is 5.06 Å². The van der Waals surface area contributed by atoms with E-state index in [-0.39, 0.29) is 5.92 Å². The third kappa shape index (κ3) is 2.50. The van der Waals surface area contributed by atoms with Crippen LogP contribution in [0, 0.1) is 5.92 Å². The first-order valence-electron chi connectivity index (χ1n) is 3.90. The van der Waals surface area contributed by atoms with Crippen LogP contribution in [-0.4, -0.2) is 30.5 Å². The molecule has 1 rings (SSSR count). The largest absolute Gasteiger partial charge is 0.423 e. The van der Waals surface area contributed by atoms with Gasteiger partial charge in [0.2, 0.25) is 0 Å². The number of aldehydes is 1. The molecule has 1 heterocycles. The second-order valence-electron chi connectivity index (χ2n) is 2.81. The number of piperidine rings is 1. The van der Waals surface area contributed by atoms with E-state index in [1.807, 2.05) is 0 Å². The van der Waals surface area contributed by atoms with Crippen molar-refractivity contribution in [1.82, 2.24) is 5.06 Å². The molecule has 5 nitrogen and oxygen atoms in total. The maximum absolute atomic E-state index is 10.3. The minimum absolute atomic E-state index is 0.109. The zero-order chi connectivity index (χ0) is 8.97. The summed E-state index contributed by atoms with van der Waals surface area (Å²) in [5.74, 6) is 0.109. The maximum atomic E-state index is 10.3. The summed E-state index contributed by atoms with van der Waals surface area (Å²) in [4.78, 5) is 25.3. The van der Waals surface area contributed by atoms with E-state index in [4.69, 9.17) is 5.73 Å². The summed E-state index contributed by atoms with van der Waals surface area (Å²) in [5, 5.41) is 1.49. The molecule has 1 fully saturated rings. The first-order chi connectivity index (χ1) is 5.72. The van der Waals surface area contributed by atoms with Crippen molar-refractivity contribution in [2.24, 2.45) is 11.7 Å². The van der Waals surface area contributed by atoms with E-state index in [1.165, 1.54) is 5.06 Å². The van der Waals surface area contributed by atoms with Crippen molar-refractivity contribution in [3.8, 4) is 0 Å². The standard InChI is InChI=1S/C7H12N2O3/c8-7(11)12-9-3-1-6(5-10)2-4-9/h5-6H,1-4H2,(H2,8,11). The number of primary amides is 1. The summed E-state index contributed by atoms with van der Waals surface area (Å²) in [6, 6.07) is 0. The van der Waals surface area contributed by atoms with Gasteiger partial charge in [0.25, 0.3) is 0 Å². The normalized spacial score (nSPS) is 20.3. The molecule has 0 aromatic heterocycles. The van der Waals surface area contributed by atoms with Gasteiger partial charge in [0.15, 0.2) is 0 Å². The minimum Gasteiger partial charge on any atom is -0.351 e. The number of hydrogen-bond acceptors (Lipinski definition) is 4. The molecular formula is C7H12N2O3. The van der Waals surface area contributed by atoms with Crippen molar-refractivity contribution in [2.45, 2.75) is 12.8 Å². The summed E-state index contributed by atoms with van der Waals surface area (Å²) in [5.41, 5.74) is 4.82. The predicted molar refractivity (Wildman–Crippen MR) is 41.0 cm³/mol. The molecule has 0 saturated carbocycles. The summed E-state index contributed by atoms with van der Waals surface area (Å²) in [6.45, 7) is 1.18. The van der Waals surface area contributed by atoms with E-state index in [9.17, 15) is 9.59 Å². The second-order valence-corrected chi connectivity index (χ2v) is 2.81. The van der Waals surface area contributed by atoms with E-state index in [0.29, 0.717) is 13.1 Å². The molecule has 0 spiro atoms. The fraction of sp³-hybridized carbons (Fsp3) is 0.714. The number of hydrogen-bond donors (Lipinski definition) is 1. The van der Waals surface area contributed by atoms with Crippen LogP contribution in [0.15, 0.2) is 0 Å². The van der Waals surface area contributed by atoms with Crippen molar-refractivity contribution in [3.05, 3.63) is 0 Å². The van der Waals surface area contributed by atoms with Crippen molar-refractivity contribution in [1.29, 1.82) is 0 Å². The fourth-order valence-electron chi connectivity index (χ4n) is 1.23.